The number of H-pyrrole nitrogens is 1. The summed E-state index contributed by atoms with van der Waals surface area (Å²) in [5, 5.41) is 0.582. The molecule has 2 aromatic heterocycles. The van der Waals surface area contributed by atoms with Crippen LogP contribution in [0.25, 0.3) is 10.9 Å². The number of aromatic nitrogens is 3. The Hall–Kier alpha value is -4.05. The lowest BCUT2D eigenvalue weighted by Gasteiger charge is -2.20. The third-order valence-corrected chi connectivity index (χ3v) is 6.30. The van der Waals surface area contributed by atoms with Gasteiger partial charge in [-0.05, 0) is 31.5 Å². The van der Waals surface area contributed by atoms with Crippen molar-refractivity contribution in [2.45, 2.75) is 26.9 Å². The first kappa shape index (κ1) is 23.1. The molecule has 1 N–H and O–H groups in total. The minimum Gasteiger partial charge on any atom is -0.462 e. The smallest absolute Gasteiger partial charge is 0.350 e. The zero-order valence-electron chi connectivity index (χ0n) is 18.6. The summed E-state index contributed by atoms with van der Waals surface area (Å²) in [6, 6.07) is 15.8. The Bertz CT molecular complexity index is 1470. The zero-order chi connectivity index (χ0) is 24.2. The van der Waals surface area contributed by atoms with Crippen molar-refractivity contribution in [1.29, 1.82) is 0 Å². The second-order valence-electron chi connectivity index (χ2n) is 7.46. The van der Waals surface area contributed by atoms with Crippen LogP contribution in [0.3, 0.4) is 0 Å². The number of amides is 1. The van der Waals surface area contributed by atoms with Crippen LogP contribution >= 0.6 is 11.3 Å². The molecule has 0 atom stereocenters. The molecule has 0 saturated carbocycles. The second kappa shape index (κ2) is 9.84. The van der Waals surface area contributed by atoms with Gasteiger partial charge in [-0.3, -0.25) is 19.1 Å². The van der Waals surface area contributed by atoms with E-state index >= 15 is 0 Å². The molecule has 1 amide bonds. The number of hydrogen-bond acceptors (Lipinski definition) is 7. The van der Waals surface area contributed by atoms with Gasteiger partial charge in [-0.2, -0.15) is 0 Å². The van der Waals surface area contributed by atoms with Gasteiger partial charge in [0.15, 0.2) is 5.13 Å². The van der Waals surface area contributed by atoms with E-state index in [9.17, 15) is 19.2 Å². The number of carbonyl (C=O) groups is 2. The van der Waals surface area contributed by atoms with E-state index in [2.05, 4.69) is 9.97 Å². The second-order valence-corrected chi connectivity index (χ2v) is 8.44. The number of esters is 1. The highest BCUT2D eigenvalue weighted by Crippen LogP contribution is 2.28. The topological polar surface area (TPSA) is 114 Å². The summed E-state index contributed by atoms with van der Waals surface area (Å²) in [5.74, 6) is -1.03. The highest BCUT2D eigenvalue weighted by atomic mass is 32.1. The molecule has 0 spiro atoms. The van der Waals surface area contributed by atoms with E-state index in [1.54, 1.807) is 38.1 Å². The lowest BCUT2D eigenvalue weighted by atomic mass is 10.2. The number of para-hydroxylation sites is 1. The number of anilines is 1. The minimum atomic E-state index is -0.681. The molecule has 0 aliphatic rings. The molecule has 0 unspecified atom stereocenters. The molecule has 0 saturated heterocycles. The lowest BCUT2D eigenvalue weighted by Crippen LogP contribution is -2.42. The fourth-order valence-electron chi connectivity index (χ4n) is 3.48. The molecule has 9 nitrogen and oxygen atoms in total. The van der Waals surface area contributed by atoms with E-state index in [-0.39, 0.29) is 18.3 Å². The van der Waals surface area contributed by atoms with Gasteiger partial charge in [-0.25, -0.2) is 14.6 Å². The SMILES string of the molecule is CCOC(=O)c1sc(N(Cc2ccccc2)C(=O)Cn2c(=O)[nH]c3ccccc3c2=O)nc1C. The monoisotopic (exact) mass is 478 g/mol. The molecule has 0 radical (unpaired) electrons. The van der Waals surface area contributed by atoms with Gasteiger partial charge in [0.05, 0.1) is 29.7 Å². The standard InChI is InChI=1S/C24H22N4O5S/c1-3-33-22(31)20-15(2)25-24(34-20)27(13-16-9-5-4-6-10-16)19(29)14-28-21(30)17-11-7-8-12-18(17)26-23(28)32/h4-12H,3,13-14H2,1-2H3,(H,26,32). The Balaban J connectivity index is 1.73. The number of ether oxygens (including phenoxy) is 1. The summed E-state index contributed by atoms with van der Waals surface area (Å²) in [6.45, 7) is 3.25. The van der Waals surface area contributed by atoms with Gasteiger partial charge in [0, 0.05) is 0 Å². The van der Waals surface area contributed by atoms with Gasteiger partial charge >= 0.3 is 11.7 Å². The van der Waals surface area contributed by atoms with Crippen molar-refractivity contribution in [3.8, 4) is 0 Å². The number of benzene rings is 2. The average Bonchev–Trinajstić information content (AvgIpc) is 3.22. The third-order valence-electron chi connectivity index (χ3n) is 5.14. The van der Waals surface area contributed by atoms with Gasteiger partial charge in [0.1, 0.15) is 11.4 Å². The van der Waals surface area contributed by atoms with E-state index in [1.807, 2.05) is 30.3 Å². The number of aromatic amines is 1. The van der Waals surface area contributed by atoms with Crippen LogP contribution in [0.1, 0.15) is 27.9 Å². The molecule has 0 aliphatic heterocycles. The van der Waals surface area contributed by atoms with Crippen molar-refractivity contribution >= 4 is 39.2 Å². The Morgan fingerprint density at radius 2 is 1.79 bits per heavy atom. The molecule has 0 aliphatic carbocycles. The first-order chi connectivity index (χ1) is 16.4. The van der Waals surface area contributed by atoms with Crippen LogP contribution in [0.5, 0.6) is 0 Å². The van der Waals surface area contributed by atoms with Crippen LogP contribution in [-0.4, -0.2) is 33.0 Å². The molecule has 2 heterocycles. The summed E-state index contributed by atoms with van der Waals surface area (Å²) >= 11 is 1.03. The summed E-state index contributed by atoms with van der Waals surface area (Å²) in [6.07, 6.45) is 0. The molecular weight excluding hydrogens is 456 g/mol. The Labute approximate surface area is 198 Å². The van der Waals surface area contributed by atoms with E-state index in [0.717, 1.165) is 21.5 Å². The molecule has 4 rings (SSSR count). The highest BCUT2D eigenvalue weighted by Gasteiger charge is 2.25. The summed E-state index contributed by atoms with van der Waals surface area (Å²) < 4.78 is 5.96. The lowest BCUT2D eigenvalue weighted by molar-refractivity contribution is -0.119. The van der Waals surface area contributed by atoms with Crippen molar-refractivity contribution < 1.29 is 14.3 Å². The predicted octanol–water partition coefficient (Wildman–Crippen LogP) is 2.86. The Morgan fingerprint density at radius 1 is 1.09 bits per heavy atom. The number of fused-ring (bicyclic) bond motifs is 1. The Morgan fingerprint density at radius 3 is 2.53 bits per heavy atom. The number of nitrogens with zero attached hydrogens (tertiary/aromatic N) is 3. The predicted molar refractivity (Wildman–Crippen MR) is 129 cm³/mol. The molecule has 174 valence electrons. The van der Waals surface area contributed by atoms with Crippen LogP contribution < -0.4 is 16.1 Å². The van der Waals surface area contributed by atoms with Crippen LogP contribution in [0, 0.1) is 6.92 Å². The van der Waals surface area contributed by atoms with Crippen molar-refractivity contribution in [3.05, 3.63) is 91.6 Å². The van der Waals surface area contributed by atoms with E-state index in [0.29, 0.717) is 21.5 Å². The summed E-state index contributed by atoms with van der Waals surface area (Å²) in [5.41, 5.74) is 0.414. The van der Waals surface area contributed by atoms with Gasteiger partial charge in [0.2, 0.25) is 5.91 Å². The van der Waals surface area contributed by atoms with Crippen LogP contribution in [0.2, 0.25) is 0 Å². The van der Waals surface area contributed by atoms with Crippen molar-refractivity contribution in [2.24, 2.45) is 0 Å². The maximum atomic E-state index is 13.4. The van der Waals surface area contributed by atoms with E-state index < -0.39 is 29.7 Å². The first-order valence-electron chi connectivity index (χ1n) is 10.6. The van der Waals surface area contributed by atoms with Gasteiger partial charge in [0.25, 0.3) is 5.56 Å². The number of aryl methyl sites for hydroxylation is 1. The fraction of sp³-hybridized carbons (Fsp3) is 0.208. The number of nitrogens with one attached hydrogen (secondary N) is 1. The fourth-order valence-corrected chi connectivity index (χ4v) is 4.45. The molecule has 4 aromatic rings. The maximum absolute atomic E-state index is 13.4. The van der Waals surface area contributed by atoms with Crippen LogP contribution in [-0.2, 0) is 22.6 Å². The number of hydrogen-bond donors (Lipinski definition) is 1. The molecule has 10 heteroatoms. The molecule has 2 aromatic carbocycles. The number of thiazole rings is 1. The first-order valence-corrected chi connectivity index (χ1v) is 11.4. The van der Waals surface area contributed by atoms with E-state index in [1.165, 1.54) is 4.90 Å². The Kier molecular flexibility index (Phi) is 6.69. The summed E-state index contributed by atoms with van der Waals surface area (Å²) in [7, 11) is 0. The van der Waals surface area contributed by atoms with Crippen molar-refractivity contribution in [3.63, 3.8) is 0 Å². The third kappa shape index (κ3) is 4.67. The number of carbonyl (C=O) groups excluding carboxylic acids is 2. The normalized spacial score (nSPS) is 10.9. The van der Waals surface area contributed by atoms with Crippen molar-refractivity contribution in [2.75, 3.05) is 11.5 Å². The number of rotatable bonds is 7. The zero-order valence-corrected chi connectivity index (χ0v) is 19.4. The molecule has 0 bridgehead atoms. The summed E-state index contributed by atoms with van der Waals surface area (Å²) in [4.78, 5) is 60.0. The van der Waals surface area contributed by atoms with Gasteiger partial charge in [-0.1, -0.05) is 53.8 Å². The quantitative estimate of drug-likeness (QED) is 0.409. The minimum absolute atomic E-state index is 0.148. The highest BCUT2D eigenvalue weighted by molar-refractivity contribution is 7.17. The van der Waals surface area contributed by atoms with Gasteiger partial charge in [-0.15, -0.1) is 0 Å². The largest absolute Gasteiger partial charge is 0.462 e. The average molecular weight is 479 g/mol. The molecule has 34 heavy (non-hydrogen) atoms. The van der Waals surface area contributed by atoms with Gasteiger partial charge < -0.3 is 9.72 Å². The van der Waals surface area contributed by atoms with E-state index in [4.69, 9.17) is 4.74 Å². The molecule has 0 fully saturated rings. The van der Waals surface area contributed by atoms with Crippen LogP contribution in [0.15, 0.2) is 64.2 Å². The molecular formula is C24H22N4O5S. The van der Waals surface area contributed by atoms with Crippen molar-refractivity contribution in [1.82, 2.24) is 14.5 Å². The maximum Gasteiger partial charge on any atom is 0.350 e. The van der Waals surface area contributed by atoms with Crippen LogP contribution in [0.4, 0.5) is 5.13 Å².